The zero-order valence-electron chi connectivity index (χ0n) is 13.1. The summed E-state index contributed by atoms with van der Waals surface area (Å²) in [6.45, 7) is 3.71. The second kappa shape index (κ2) is 7.01. The van der Waals surface area contributed by atoms with E-state index in [0.717, 1.165) is 0 Å². The number of carbonyl (C=O) groups excluding carboxylic acids is 1. The number of amides is 1. The fourth-order valence-electron chi connectivity index (χ4n) is 2.47. The molecule has 0 spiro atoms. The van der Waals surface area contributed by atoms with Crippen molar-refractivity contribution in [3.8, 4) is 0 Å². The normalized spacial score (nSPS) is 17.0. The third-order valence-electron chi connectivity index (χ3n) is 3.68. The molecular weight excluding hydrogens is 352 g/mol. The van der Waals surface area contributed by atoms with Gasteiger partial charge in [0, 0.05) is 32.2 Å². The Kier molecular flexibility index (Phi) is 4.99. The SMILES string of the molecule is Cc1cc(NC(=O)CN2CCN(S(=O)(=O)c3cccs3)CC2)on1. The highest BCUT2D eigenvalue weighted by Crippen LogP contribution is 2.22. The van der Waals surface area contributed by atoms with E-state index in [2.05, 4.69) is 10.5 Å². The van der Waals surface area contributed by atoms with E-state index in [1.165, 1.54) is 15.6 Å². The van der Waals surface area contributed by atoms with Gasteiger partial charge in [-0.1, -0.05) is 11.2 Å². The Bertz CT molecular complexity index is 793. The van der Waals surface area contributed by atoms with E-state index in [9.17, 15) is 13.2 Å². The average Bonchev–Trinajstić information content (AvgIpc) is 3.20. The predicted molar refractivity (Wildman–Crippen MR) is 89.4 cm³/mol. The summed E-state index contributed by atoms with van der Waals surface area (Å²) >= 11 is 1.21. The molecule has 0 saturated carbocycles. The molecule has 0 aromatic carbocycles. The first-order chi connectivity index (χ1) is 11.4. The fourth-order valence-corrected chi connectivity index (χ4v) is 5.03. The van der Waals surface area contributed by atoms with Crippen molar-refractivity contribution >= 4 is 33.2 Å². The molecule has 2 aromatic heterocycles. The molecule has 0 bridgehead atoms. The zero-order valence-corrected chi connectivity index (χ0v) is 14.8. The zero-order chi connectivity index (χ0) is 17.2. The first-order valence-electron chi connectivity index (χ1n) is 7.44. The molecule has 0 aliphatic carbocycles. The van der Waals surface area contributed by atoms with Crippen LogP contribution in [0.4, 0.5) is 5.88 Å². The Balaban J connectivity index is 1.51. The van der Waals surface area contributed by atoms with E-state index in [1.54, 1.807) is 30.5 Å². The molecule has 1 N–H and O–H groups in total. The summed E-state index contributed by atoms with van der Waals surface area (Å²) in [5, 5.41) is 8.08. The van der Waals surface area contributed by atoms with Crippen LogP contribution in [0.25, 0.3) is 0 Å². The number of hydrogen-bond acceptors (Lipinski definition) is 7. The first kappa shape index (κ1) is 17.1. The van der Waals surface area contributed by atoms with Gasteiger partial charge in [0.25, 0.3) is 10.0 Å². The molecule has 1 fully saturated rings. The summed E-state index contributed by atoms with van der Waals surface area (Å²) in [4.78, 5) is 13.9. The molecule has 10 heteroatoms. The maximum absolute atomic E-state index is 12.4. The molecule has 0 unspecified atom stereocenters. The third-order valence-corrected chi connectivity index (χ3v) is 6.95. The molecule has 3 heterocycles. The summed E-state index contributed by atoms with van der Waals surface area (Å²) in [6, 6.07) is 4.98. The first-order valence-corrected chi connectivity index (χ1v) is 9.76. The quantitative estimate of drug-likeness (QED) is 0.843. The van der Waals surface area contributed by atoms with E-state index < -0.39 is 10.0 Å². The minimum atomic E-state index is -3.42. The van der Waals surface area contributed by atoms with Gasteiger partial charge in [0.15, 0.2) is 0 Å². The number of aromatic nitrogens is 1. The molecule has 0 atom stereocenters. The predicted octanol–water partition coefficient (Wildman–Crippen LogP) is 0.990. The van der Waals surface area contributed by atoms with Gasteiger partial charge in [0.2, 0.25) is 11.8 Å². The Morgan fingerprint density at radius 3 is 2.71 bits per heavy atom. The Hall–Kier alpha value is -1.75. The van der Waals surface area contributed by atoms with Crippen LogP contribution in [0, 0.1) is 6.92 Å². The van der Waals surface area contributed by atoms with Crippen molar-refractivity contribution in [3.63, 3.8) is 0 Å². The van der Waals surface area contributed by atoms with Crippen molar-refractivity contribution in [2.75, 3.05) is 38.0 Å². The van der Waals surface area contributed by atoms with E-state index >= 15 is 0 Å². The minimum Gasteiger partial charge on any atom is -0.338 e. The number of sulfonamides is 1. The molecule has 1 amide bonds. The van der Waals surface area contributed by atoms with Crippen LogP contribution in [0.1, 0.15) is 5.69 Å². The lowest BCUT2D eigenvalue weighted by molar-refractivity contribution is -0.117. The van der Waals surface area contributed by atoms with Crippen molar-refractivity contribution < 1.29 is 17.7 Å². The van der Waals surface area contributed by atoms with Gasteiger partial charge in [-0.05, 0) is 18.4 Å². The van der Waals surface area contributed by atoms with Crippen molar-refractivity contribution in [2.24, 2.45) is 0 Å². The van der Waals surface area contributed by atoms with Crippen molar-refractivity contribution in [1.82, 2.24) is 14.4 Å². The molecule has 1 saturated heterocycles. The van der Waals surface area contributed by atoms with Gasteiger partial charge < -0.3 is 4.52 Å². The summed E-state index contributed by atoms with van der Waals surface area (Å²) in [5.41, 5.74) is 0.692. The van der Waals surface area contributed by atoms with Crippen molar-refractivity contribution in [3.05, 3.63) is 29.3 Å². The molecule has 24 heavy (non-hydrogen) atoms. The highest BCUT2D eigenvalue weighted by Gasteiger charge is 2.29. The van der Waals surface area contributed by atoms with Gasteiger partial charge in [-0.25, -0.2) is 8.42 Å². The molecule has 130 valence electrons. The van der Waals surface area contributed by atoms with Crippen molar-refractivity contribution in [1.29, 1.82) is 0 Å². The van der Waals surface area contributed by atoms with Gasteiger partial charge in [0.1, 0.15) is 4.21 Å². The molecule has 2 aromatic rings. The summed E-state index contributed by atoms with van der Waals surface area (Å²) < 4.78 is 31.6. The molecule has 3 rings (SSSR count). The van der Waals surface area contributed by atoms with Crippen LogP contribution < -0.4 is 5.32 Å². The number of nitrogens with one attached hydrogen (secondary N) is 1. The highest BCUT2D eigenvalue weighted by atomic mass is 32.2. The monoisotopic (exact) mass is 370 g/mol. The largest absolute Gasteiger partial charge is 0.338 e. The van der Waals surface area contributed by atoms with Crippen LogP contribution in [0.5, 0.6) is 0 Å². The van der Waals surface area contributed by atoms with Gasteiger partial charge in [-0.15, -0.1) is 11.3 Å². The maximum Gasteiger partial charge on any atom is 0.252 e. The number of nitrogens with zero attached hydrogens (tertiary/aromatic N) is 3. The van der Waals surface area contributed by atoms with Gasteiger partial charge in [0.05, 0.1) is 12.2 Å². The second-order valence-electron chi connectivity index (χ2n) is 5.49. The highest BCUT2D eigenvalue weighted by molar-refractivity contribution is 7.91. The van der Waals surface area contributed by atoms with E-state index in [1.807, 2.05) is 4.90 Å². The smallest absolute Gasteiger partial charge is 0.252 e. The number of rotatable bonds is 5. The average molecular weight is 370 g/mol. The topological polar surface area (TPSA) is 95.8 Å². The number of piperazine rings is 1. The number of thiophene rings is 1. The van der Waals surface area contributed by atoms with Crippen LogP contribution in [-0.2, 0) is 14.8 Å². The third kappa shape index (κ3) is 3.83. The van der Waals surface area contributed by atoms with Gasteiger partial charge >= 0.3 is 0 Å². The number of hydrogen-bond donors (Lipinski definition) is 1. The van der Waals surface area contributed by atoms with Crippen LogP contribution in [0.3, 0.4) is 0 Å². The molecule has 0 radical (unpaired) electrons. The van der Waals surface area contributed by atoms with Crippen LogP contribution >= 0.6 is 11.3 Å². The Labute approximate surface area is 144 Å². The summed E-state index contributed by atoms with van der Waals surface area (Å²) in [7, 11) is -3.42. The lowest BCUT2D eigenvalue weighted by Crippen LogP contribution is -2.50. The molecular formula is C14H18N4O4S2. The van der Waals surface area contributed by atoms with Crippen LogP contribution in [-0.4, -0.2) is 61.4 Å². The minimum absolute atomic E-state index is 0.187. The molecule has 8 nitrogen and oxygen atoms in total. The Morgan fingerprint density at radius 2 is 2.12 bits per heavy atom. The lowest BCUT2D eigenvalue weighted by atomic mass is 10.3. The summed E-state index contributed by atoms with van der Waals surface area (Å²) in [5.74, 6) is 0.108. The summed E-state index contributed by atoms with van der Waals surface area (Å²) in [6.07, 6.45) is 0. The molecule has 1 aliphatic rings. The van der Waals surface area contributed by atoms with E-state index in [4.69, 9.17) is 4.52 Å². The van der Waals surface area contributed by atoms with E-state index in [0.29, 0.717) is 42.0 Å². The molecule has 1 aliphatic heterocycles. The van der Waals surface area contributed by atoms with Gasteiger partial charge in [-0.2, -0.15) is 4.31 Å². The Morgan fingerprint density at radius 1 is 1.38 bits per heavy atom. The second-order valence-corrected chi connectivity index (χ2v) is 8.61. The van der Waals surface area contributed by atoms with Gasteiger partial charge in [-0.3, -0.25) is 15.0 Å². The van der Waals surface area contributed by atoms with Crippen molar-refractivity contribution in [2.45, 2.75) is 11.1 Å². The maximum atomic E-state index is 12.4. The fraction of sp³-hybridized carbons (Fsp3) is 0.429. The standard InChI is InChI=1S/C14H18N4O4S2/c1-11-9-13(22-16-11)15-12(19)10-17-4-6-18(7-5-17)24(20,21)14-3-2-8-23-14/h2-3,8-9H,4-7,10H2,1H3,(H,15,19). The van der Waals surface area contributed by atoms with Crippen LogP contribution in [0.2, 0.25) is 0 Å². The van der Waals surface area contributed by atoms with E-state index in [-0.39, 0.29) is 12.5 Å². The number of carbonyl (C=O) groups is 1. The lowest BCUT2D eigenvalue weighted by Gasteiger charge is -2.33. The number of aryl methyl sites for hydroxylation is 1. The number of anilines is 1. The van der Waals surface area contributed by atoms with Crippen LogP contribution in [0.15, 0.2) is 32.3 Å².